The van der Waals surface area contributed by atoms with E-state index in [0.717, 1.165) is 41.7 Å². The topological polar surface area (TPSA) is 84.0 Å². The number of rotatable bonds is 7. The van der Waals surface area contributed by atoms with Crippen LogP contribution < -0.4 is 5.32 Å². The Morgan fingerprint density at radius 2 is 2.17 bits per heavy atom. The molecule has 0 spiro atoms. The number of likely N-dealkylation sites (tertiary alicyclic amines) is 1. The number of nitrogens with one attached hydrogen (secondary N) is 1. The van der Waals surface area contributed by atoms with Crippen LogP contribution in [0.5, 0.6) is 0 Å². The van der Waals surface area contributed by atoms with E-state index in [2.05, 4.69) is 15.2 Å². The van der Waals surface area contributed by atoms with Crippen molar-refractivity contribution in [3.63, 3.8) is 0 Å². The zero-order valence-corrected chi connectivity index (χ0v) is 18.1. The summed E-state index contributed by atoms with van der Waals surface area (Å²) in [6.07, 6.45) is 3.70. The average molecular weight is 433 g/mol. The highest BCUT2D eigenvalue weighted by molar-refractivity contribution is 7.20. The van der Waals surface area contributed by atoms with Crippen molar-refractivity contribution >= 4 is 33.4 Å². The van der Waals surface area contributed by atoms with Gasteiger partial charge >= 0.3 is 0 Å². The molecule has 0 bridgehead atoms. The predicted octanol–water partition coefficient (Wildman–Crippen LogP) is 1.67. The highest BCUT2D eigenvalue weighted by atomic mass is 32.1. The molecule has 0 radical (unpaired) electrons. The van der Waals surface area contributed by atoms with E-state index in [4.69, 9.17) is 9.47 Å². The van der Waals surface area contributed by atoms with Gasteiger partial charge in [0, 0.05) is 37.3 Å². The zero-order chi connectivity index (χ0) is 20.9. The second-order valence-electron chi connectivity index (χ2n) is 7.63. The average Bonchev–Trinajstić information content (AvgIpc) is 3.41. The van der Waals surface area contributed by atoms with Gasteiger partial charge in [-0.3, -0.25) is 14.5 Å². The number of carbonyl (C=O) groups is 2. The molecule has 1 N–H and O–H groups in total. The third-order valence-electron chi connectivity index (χ3n) is 5.60. The van der Waals surface area contributed by atoms with Gasteiger partial charge < -0.3 is 19.7 Å². The first kappa shape index (κ1) is 21.2. The molecule has 2 saturated heterocycles. The molecule has 8 nitrogen and oxygen atoms in total. The van der Waals surface area contributed by atoms with Crippen LogP contribution in [0.3, 0.4) is 0 Å². The van der Waals surface area contributed by atoms with Crippen LogP contribution in [0, 0.1) is 0 Å². The maximum Gasteiger partial charge on any atom is 0.261 e. The quantitative estimate of drug-likeness (QED) is 0.670. The van der Waals surface area contributed by atoms with Crippen LogP contribution in [0.1, 0.15) is 34.2 Å². The van der Waals surface area contributed by atoms with E-state index in [-0.39, 0.29) is 17.9 Å². The summed E-state index contributed by atoms with van der Waals surface area (Å²) < 4.78 is 11.1. The minimum atomic E-state index is -0.345. The maximum atomic E-state index is 12.9. The summed E-state index contributed by atoms with van der Waals surface area (Å²) in [6.45, 7) is 4.82. The number of hydrogen-bond acceptors (Lipinski definition) is 7. The fraction of sp³-hybridized carbons (Fsp3) is 0.571. The summed E-state index contributed by atoms with van der Waals surface area (Å²) in [5, 5.41) is 3.81. The van der Waals surface area contributed by atoms with E-state index in [9.17, 15) is 9.59 Å². The van der Waals surface area contributed by atoms with Gasteiger partial charge in [0.05, 0.1) is 26.3 Å². The summed E-state index contributed by atoms with van der Waals surface area (Å²) in [7, 11) is 1.60. The van der Waals surface area contributed by atoms with Crippen LogP contribution >= 0.6 is 11.3 Å². The summed E-state index contributed by atoms with van der Waals surface area (Å²) in [5.74, 6) is -0.0249. The van der Waals surface area contributed by atoms with Gasteiger partial charge in [-0.2, -0.15) is 0 Å². The Hall–Kier alpha value is -2.07. The minimum absolute atomic E-state index is 0.133. The second-order valence-corrected chi connectivity index (χ2v) is 8.63. The van der Waals surface area contributed by atoms with Crippen molar-refractivity contribution in [3.8, 4) is 0 Å². The normalized spacial score (nSPS) is 20.0. The molecule has 0 saturated carbocycles. The lowest BCUT2D eigenvalue weighted by Gasteiger charge is -2.34. The molecule has 1 unspecified atom stereocenters. The Kier molecular flexibility index (Phi) is 6.93. The first-order chi connectivity index (χ1) is 14.7. The Morgan fingerprint density at radius 3 is 2.97 bits per heavy atom. The van der Waals surface area contributed by atoms with Gasteiger partial charge in [0.2, 0.25) is 5.91 Å². The molecular weight excluding hydrogens is 404 g/mol. The molecule has 9 heteroatoms. The van der Waals surface area contributed by atoms with Gasteiger partial charge in [0.15, 0.2) is 0 Å². The van der Waals surface area contributed by atoms with Crippen molar-refractivity contribution in [1.82, 2.24) is 20.1 Å². The molecule has 2 amide bonds. The van der Waals surface area contributed by atoms with Crippen molar-refractivity contribution in [2.45, 2.75) is 18.9 Å². The predicted molar refractivity (Wildman–Crippen MR) is 115 cm³/mol. The number of thiophene rings is 1. The Balaban J connectivity index is 1.55. The number of methoxy groups -OCH3 is 1. The van der Waals surface area contributed by atoms with Crippen LogP contribution in [-0.4, -0.2) is 86.2 Å². The lowest BCUT2D eigenvalue weighted by Crippen LogP contribution is -2.46. The number of carbonyl (C=O) groups excluding carboxylic acids is 2. The largest absolute Gasteiger partial charge is 0.383 e. The number of nitrogens with zero attached hydrogens (tertiary/aromatic N) is 3. The number of hydrogen-bond donors (Lipinski definition) is 1. The molecule has 4 rings (SSSR count). The van der Waals surface area contributed by atoms with E-state index in [1.807, 2.05) is 17.0 Å². The standard InChI is InChI=1S/C21H28N4O4S/c1-28-11-7-22-20(27)19-18(15-5-4-6-23-21(15)30-19)16-13-25(10-12-29-16)17(26)14-24-8-2-3-9-24/h4-6,16H,2-3,7-14H2,1H3,(H,22,27). The van der Waals surface area contributed by atoms with Crippen LogP contribution in [0.2, 0.25) is 0 Å². The molecular formula is C21H28N4O4S. The van der Waals surface area contributed by atoms with Crippen molar-refractivity contribution in [2.75, 3.05) is 59.6 Å². The van der Waals surface area contributed by atoms with E-state index in [0.29, 0.717) is 44.3 Å². The molecule has 0 aromatic carbocycles. The van der Waals surface area contributed by atoms with Crippen LogP contribution in [0.15, 0.2) is 18.3 Å². The molecule has 1 atom stereocenters. The summed E-state index contributed by atoms with van der Waals surface area (Å²) in [4.78, 5) is 35.6. The number of fused-ring (bicyclic) bond motifs is 1. The summed E-state index contributed by atoms with van der Waals surface area (Å²) in [6, 6.07) is 3.83. The van der Waals surface area contributed by atoms with E-state index in [1.54, 1.807) is 13.3 Å². The van der Waals surface area contributed by atoms with Gasteiger partial charge in [-0.15, -0.1) is 11.3 Å². The zero-order valence-electron chi connectivity index (χ0n) is 17.3. The minimum Gasteiger partial charge on any atom is -0.383 e. The van der Waals surface area contributed by atoms with Gasteiger partial charge in [-0.05, 0) is 32.0 Å². The highest BCUT2D eigenvalue weighted by Crippen LogP contribution is 2.37. The number of morpholine rings is 1. The fourth-order valence-electron chi connectivity index (χ4n) is 4.07. The number of amides is 2. The lowest BCUT2D eigenvalue weighted by molar-refractivity contribution is -0.139. The molecule has 2 aromatic rings. The van der Waals surface area contributed by atoms with Gasteiger partial charge in [0.1, 0.15) is 15.8 Å². The molecule has 162 valence electrons. The molecule has 30 heavy (non-hydrogen) atoms. The van der Waals surface area contributed by atoms with Crippen molar-refractivity contribution in [3.05, 3.63) is 28.8 Å². The smallest absolute Gasteiger partial charge is 0.261 e. The third-order valence-corrected chi connectivity index (χ3v) is 6.73. The van der Waals surface area contributed by atoms with Gasteiger partial charge in [0.25, 0.3) is 5.91 Å². The molecule has 2 aliphatic heterocycles. The highest BCUT2D eigenvalue weighted by Gasteiger charge is 2.32. The van der Waals surface area contributed by atoms with Crippen LogP contribution in [0.25, 0.3) is 10.2 Å². The summed E-state index contributed by atoms with van der Waals surface area (Å²) >= 11 is 1.36. The van der Waals surface area contributed by atoms with Gasteiger partial charge in [-0.1, -0.05) is 6.07 Å². The van der Waals surface area contributed by atoms with Crippen molar-refractivity contribution in [2.24, 2.45) is 0 Å². The fourth-order valence-corrected chi connectivity index (χ4v) is 5.18. The SMILES string of the molecule is COCCNC(=O)c1sc2ncccc2c1C1CN(C(=O)CN2CCCC2)CCO1. The van der Waals surface area contributed by atoms with Crippen LogP contribution in [-0.2, 0) is 14.3 Å². The Bertz CT molecular complexity index is 896. The van der Waals surface area contributed by atoms with Gasteiger partial charge in [-0.25, -0.2) is 4.98 Å². The second kappa shape index (κ2) is 9.82. The molecule has 2 fully saturated rings. The van der Waals surface area contributed by atoms with E-state index < -0.39 is 0 Å². The van der Waals surface area contributed by atoms with E-state index >= 15 is 0 Å². The Morgan fingerprint density at radius 1 is 1.33 bits per heavy atom. The first-order valence-corrected chi connectivity index (χ1v) is 11.3. The van der Waals surface area contributed by atoms with Crippen molar-refractivity contribution in [1.29, 1.82) is 0 Å². The summed E-state index contributed by atoms with van der Waals surface area (Å²) in [5.41, 5.74) is 0.830. The van der Waals surface area contributed by atoms with Crippen LogP contribution in [0.4, 0.5) is 0 Å². The third kappa shape index (κ3) is 4.64. The molecule has 4 heterocycles. The molecule has 2 aliphatic rings. The molecule has 2 aromatic heterocycles. The maximum absolute atomic E-state index is 12.9. The monoisotopic (exact) mass is 432 g/mol. The van der Waals surface area contributed by atoms with Crippen molar-refractivity contribution < 1.29 is 19.1 Å². The Labute approximate surface area is 180 Å². The number of aromatic nitrogens is 1. The lowest BCUT2D eigenvalue weighted by atomic mass is 10.0. The number of pyridine rings is 1. The number of ether oxygens (including phenoxy) is 2. The van der Waals surface area contributed by atoms with E-state index in [1.165, 1.54) is 11.3 Å². The first-order valence-electron chi connectivity index (χ1n) is 10.4. The molecule has 0 aliphatic carbocycles.